The van der Waals surface area contributed by atoms with Gasteiger partial charge in [0.1, 0.15) is 12.4 Å². The number of rotatable bonds is 7. The summed E-state index contributed by atoms with van der Waals surface area (Å²) in [7, 11) is 0. The number of ether oxygens (including phenoxy) is 2. The van der Waals surface area contributed by atoms with Gasteiger partial charge in [-0.05, 0) is 41.4 Å². The van der Waals surface area contributed by atoms with E-state index in [4.69, 9.17) is 44.3 Å². The molecular formula is C21H19Cl3F3NO3. The van der Waals surface area contributed by atoms with E-state index in [1.54, 1.807) is 18.2 Å². The van der Waals surface area contributed by atoms with Crippen LogP contribution in [0, 0.1) is 0 Å². The first-order chi connectivity index (χ1) is 14.6. The molecule has 31 heavy (non-hydrogen) atoms. The first-order valence-corrected chi connectivity index (χ1v) is 10.6. The molecule has 0 saturated carbocycles. The largest absolute Gasteiger partial charge is 0.489 e. The summed E-state index contributed by atoms with van der Waals surface area (Å²) in [5.41, 5.74) is -0.336. The zero-order chi connectivity index (χ0) is 22.6. The summed E-state index contributed by atoms with van der Waals surface area (Å²) in [5, 5.41) is 0.247. The van der Waals surface area contributed by atoms with Gasteiger partial charge in [0.15, 0.2) is 0 Å². The number of carbonyl (C=O) groups is 1. The van der Waals surface area contributed by atoms with Crippen LogP contribution < -0.4 is 4.74 Å². The van der Waals surface area contributed by atoms with E-state index < -0.39 is 23.1 Å². The van der Waals surface area contributed by atoms with Crippen LogP contribution in [0.25, 0.3) is 0 Å². The molecule has 1 atom stereocenters. The van der Waals surface area contributed by atoms with E-state index in [0.717, 1.165) is 6.07 Å². The van der Waals surface area contributed by atoms with Gasteiger partial charge in [0.25, 0.3) is 0 Å². The van der Waals surface area contributed by atoms with Gasteiger partial charge in [0.2, 0.25) is 5.24 Å². The van der Waals surface area contributed by atoms with Gasteiger partial charge in [-0.2, -0.15) is 13.2 Å². The molecule has 1 saturated heterocycles. The van der Waals surface area contributed by atoms with E-state index in [1.807, 2.05) is 4.90 Å². The van der Waals surface area contributed by atoms with Crippen molar-refractivity contribution in [3.05, 3.63) is 63.1 Å². The van der Waals surface area contributed by atoms with Gasteiger partial charge in [0.05, 0.1) is 18.3 Å². The molecule has 1 aliphatic rings. The van der Waals surface area contributed by atoms with Crippen molar-refractivity contribution in [3.8, 4) is 5.75 Å². The van der Waals surface area contributed by atoms with Crippen LogP contribution in [-0.4, -0.2) is 36.4 Å². The summed E-state index contributed by atoms with van der Waals surface area (Å²) < 4.78 is 52.5. The Morgan fingerprint density at radius 3 is 2.55 bits per heavy atom. The second kappa shape index (κ2) is 10.4. The van der Waals surface area contributed by atoms with E-state index in [-0.39, 0.29) is 37.5 Å². The number of benzene rings is 2. The molecule has 4 nitrogen and oxygen atoms in total. The third-order valence-electron chi connectivity index (χ3n) is 4.90. The summed E-state index contributed by atoms with van der Waals surface area (Å²) >= 11 is 17.6. The van der Waals surface area contributed by atoms with Gasteiger partial charge in [-0.15, -0.1) is 0 Å². The predicted molar refractivity (Wildman–Crippen MR) is 113 cm³/mol. The average Bonchev–Trinajstić information content (AvgIpc) is 2.71. The molecule has 0 aromatic heterocycles. The van der Waals surface area contributed by atoms with Crippen molar-refractivity contribution in [2.45, 2.75) is 25.3 Å². The summed E-state index contributed by atoms with van der Waals surface area (Å²) in [4.78, 5) is 12.9. The molecule has 0 bridgehead atoms. The van der Waals surface area contributed by atoms with Crippen LogP contribution in [-0.2, 0) is 22.3 Å². The molecular weight excluding hydrogens is 478 g/mol. The number of nitrogens with zero attached hydrogens (tertiary/aromatic N) is 1. The first-order valence-electron chi connectivity index (χ1n) is 9.44. The highest BCUT2D eigenvalue weighted by molar-refractivity contribution is 6.63. The third-order valence-corrected chi connectivity index (χ3v) is 5.79. The van der Waals surface area contributed by atoms with Crippen LogP contribution in [0.2, 0.25) is 10.0 Å². The van der Waals surface area contributed by atoms with Crippen molar-refractivity contribution in [3.63, 3.8) is 0 Å². The fourth-order valence-corrected chi connectivity index (χ4v) is 3.91. The Bertz CT molecular complexity index is 920. The fourth-order valence-electron chi connectivity index (χ4n) is 3.32. The molecule has 1 aliphatic heterocycles. The van der Waals surface area contributed by atoms with Crippen LogP contribution in [0.5, 0.6) is 5.75 Å². The van der Waals surface area contributed by atoms with Crippen LogP contribution in [0.15, 0.2) is 36.4 Å². The molecule has 168 valence electrons. The number of halogens is 6. The molecule has 0 N–H and O–H groups in total. The van der Waals surface area contributed by atoms with Crippen molar-refractivity contribution < 1.29 is 27.4 Å². The van der Waals surface area contributed by atoms with Gasteiger partial charge in [-0.1, -0.05) is 35.3 Å². The molecule has 10 heteroatoms. The van der Waals surface area contributed by atoms with Gasteiger partial charge in [0, 0.05) is 41.7 Å². The number of morpholine rings is 1. The van der Waals surface area contributed by atoms with Gasteiger partial charge >= 0.3 is 6.18 Å². The Hall–Kier alpha value is -1.51. The molecule has 2 aromatic carbocycles. The summed E-state index contributed by atoms with van der Waals surface area (Å²) in [6, 6.07) is 8.68. The van der Waals surface area contributed by atoms with E-state index in [2.05, 4.69) is 0 Å². The second-order valence-electron chi connectivity index (χ2n) is 7.00. The minimum atomic E-state index is -4.60. The lowest BCUT2D eigenvalue weighted by Gasteiger charge is -2.34. The van der Waals surface area contributed by atoms with E-state index in [0.29, 0.717) is 28.7 Å². The average molecular weight is 497 g/mol. The molecule has 0 aliphatic carbocycles. The smallest absolute Gasteiger partial charge is 0.416 e. The zero-order valence-corrected chi connectivity index (χ0v) is 18.5. The van der Waals surface area contributed by atoms with E-state index in [9.17, 15) is 18.0 Å². The summed E-state index contributed by atoms with van der Waals surface area (Å²) in [6.07, 6.45) is -5.27. The third kappa shape index (κ3) is 6.49. The Labute approximate surface area is 192 Å². The van der Waals surface area contributed by atoms with Crippen LogP contribution in [0.1, 0.15) is 29.2 Å². The van der Waals surface area contributed by atoms with Crippen LogP contribution >= 0.6 is 34.8 Å². The normalized spacial score (nSPS) is 17.5. The topological polar surface area (TPSA) is 38.8 Å². The molecule has 1 heterocycles. The quantitative estimate of drug-likeness (QED) is 0.433. The highest BCUT2D eigenvalue weighted by Crippen LogP contribution is 2.39. The minimum absolute atomic E-state index is 0.0116. The molecule has 0 radical (unpaired) electrons. The summed E-state index contributed by atoms with van der Waals surface area (Å²) in [6.45, 7) is 1.28. The Morgan fingerprint density at radius 2 is 1.90 bits per heavy atom. The Morgan fingerprint density at radius 1 is 1.19 bits per heavy atom. The van der Waals surface area contributed by atoms with Gasteiger partial charge in [-0.25, -0.2) is 0 Å². The Balaban J connectivity index is 1.79. The fraction of sp³-hybridized carbons (Fsp3) is 0.381. The van der Waals surface area contributed by atoms with E-state index in [1.165, 1.54) is 12.1 Å². The van der Waals surface area contributed by atoms with Crippen molar-refractivity contribution in [1.29, 1.82) is 0 Å². The molecule has 2 aromatic rings. The highest BCUT2D eigenvalue weighted by Gasteiger charge is 2.37. The molecule has 0 spiro atoms. The standard InChI is InChI=1S/C21H19Cl3F3NO3/c22-17-2-1-3-18(23)15(17)12-31-13-4-5-14(16(10-13)21(25,26)27)19-11-28(8-9-30-19)7-6-20(24)29/h1-5,10,19H,6-9,11-12H2. The van der Waals surface area contributed by atoms with Crippen LogP contribution in [0.3, 0.4) is 0 Å². The van der Waals surface area contributed by atoms with Crippen molar-refractivity contribution in [2.75, 3.05) is 26.2 Å². The lowest BCUT2D eigenvalue weighted by atomic mass is 10.00. The number of hydrogen-bond donors (Lipinski definition) is 0. The molecule has 0 amide bonds. The monoisotopic (exact) mass is 495 g/mol. The van der Waals surface area contributed by atoms with E-state index >= 15 is 0 Å². The minimum Gasteiger partial charge on any atom is -0.489 e. The lowest BCUT2D eigenvalue weighted by molar-refractivity contribution is -0.140. The van der Waals surface area contributed by atoms with Gasteiger partial charge in [-0.3, -0.25) is 9.69 Å². The van der Waals surface area contributed by atoms with Crippen molar-refractivity contribution in [2.24, 2.45) is 0 Å². The molecule has 1 unspecified atom stereocenters. The SMILES string of the molecule is O=C(Cl)CCN1CCOC(c2ccc(OCc3c(Cl)cccc3Cl)cc2C(F)(F)F)C1. The lowest BCUT2D eigenvalue weighted by Crippen LogP contribution is -2.39. The maximum Gasteiger partial charge on any atom is 0.416 e. The van der Waals surface area contributed by atoms with Crippen LogP contribution in [0.4, 0.5) is 13.2 Å². The maximum absolute atomic E-state index is 13.8. The summed E-state index contributed by atoms with van der Waals surface area (Å²) in [5.74, 6) is 0.0347. The highest BCUT2D eigenvalue weighted by atomic mass is 35.5. The maximum atomic E-state index is 13.8. The van der Waals surface area contributed by atoms with Crippen molar-refractivity contribution >= 4 is 40.0 Å². The first kappa shape index (κ1) is 24.1. The predicted octanol–water partition coefficient (Wildman–Crippen LogP) is 6.12. The second-order valence-corrected chi connectivity index (χ2v) is 8.24. The number of hydrogen-bond acceptors (Lipinski definition) is 4. The number of carbonyl (C=O) groups excluding carboxylic acids is 1. The molecule has 3 rings (SSSR count). The van der Waals surface area contributed by atoms with Crippen molar-refractivity contribution in [1.82, 2.24) is 4.90 Å². The Kier molecular flexibility index (Phi) is 8.10. The van der Waals surface area contributed by atoms with Gasteiger partial charge < -0.3 is 9.47 Å². The number of alkyl halides is 3. The zero-order valence-electron chi connectivity index (χ0n) is 16.2. The molecule has 1 fully saturated rings.